The van der Waals surface area contributed by atoms with Crippen LogP contribution in [0.5, 0.6) is 11.5 Å². The lowest BCUT2D eigenvalue weighted by Gasteiger charge is -2.42. The van der Waals surface area contributed by atoms with Gasteiger partial charge in [-0.1, -0.05) is 90.6 Å². The van der Waals surface area contributed by atoms with Crippen LogP contribution in [0.3, 0.4) is 0 Å². The van der Waals surface area contributed by atoms with Gasteiger partial charge >= 0.3 is 5.97 Å². The van der Waals surface area contributed by atoms with E-state index < -0.39 is 28.5 Å². The fourth-order valence-corrected chi connectivity index (χ4v) is 7.25. The molecule has 0 heterocycles. The summed E-state index contributed by atoms with van der Waals surface area (Å²) in [6.07, 6.45) is 14.5. The largest absolute Gasteiger partial charge is 0.504 e. The summed E-state index contributed by atoms with van der Waals surface area (Å²) in [7, 11) is 0. The lowest BCUT2D eigenvalue weighted by molar-refractivity contribution is -0.144. The number of rotatable bonds is 20. The number of allylic oxidation sites excluding steroid dienone is 1. The van der Waals surface area contributed by atoms with Gasteiger partial charge in [-0.05, 0) is 116 Å². The number of ketones is 2. The standard InChI is InChI=1S/C49H72N2O7/c1-45(2,3)30-20-13-16-26-38(52)50-49(11,12)48(9,10)32-22-14-17-27-39(53)51(46(4,5)6)33-23-15-21-31-47(7,8)44(57)58-37-29-28-36-40(43(37)56)42(55)35-25-19-18-24-34(35)41(36)54/h18-19,23-25,28-29,33,56H,13-17,20-22,26-27,30-32H2,1-12H3,(H,50,52). The monoisotopic (exact) mass is 801 g/mol. The van der Waals surface area contributed by atoms with Gasteiger partial charge in [-0.2, -0.15) is 0 Å². The number of ether oxygens (including phenoxy) is 1. The van der Waals surface area contributed by atoms with Gasteiger partial charge in [0.1, 0.15) is 0 Å². The topological polar surface area (TPSA) is 130 Å². The Balaban J connectivity index is 1.45. The molecule has 2 aromatic carbocycles. The lowest BCUT2D eigenvalue weighted by atomic mass is 9.71. The number of hydrogen-bond donors (Lipinski definition) is 2. The first-order chi connectivity index (χ1) is 26.8. The fraction of sp³-hybridized carbons (Fsp3) is 0.612. The zero-order valence-electron chi connectivity index (χ0n) is 37.7. The minimum Gasteiger partial charge on any atom is -0.504 e. The smallest absolute Gasteiger partial charge is 0.317 e. The number of nitrogens with zero attached hydrogens (tertiary/aromatic N) is 1. The van der Waals surface area contributed by atoms with Crippen LogP contribution in [0.2, 0.25) is 0 Å². The zero-order valence-corrected chi connectivity index (χ0v) is 37.7. The summed E-state index contributed by atoms with van der Waals surface area (Å²) >= 11 is 0. The van der Waals surface area contributed by atoms with E-state index in [4.69, 9.17) is 4.74 Å². The molecule has 0 unspecified atom stereocenters. The summed E-state index contributed by atoms with van der Waals surface area (Å²) < 4.78 is 5.61. The van der Waals surface area contributed by atoms with Gasteiger partial charge in [0.05, 0.1) is 11.0 Å². The summed E-state index contributed by atoms with van der Waals surface area (Å²) in [6.45, 7) is 25.0. The lowest BCUT2D eigenvalue weighted by Crippen LogP contribution is -2.53. The molecule has 3 rings (SSSR count). The molecule has 2 amide bonds. The fourth-order valence-electron chi connectivity index (χ4n) is 7.25. The van der Waals surface area contributed by atoms with Gasteiger partial charge in [0.2, 0.25) is 11.8 Å². The summed E-state index contributed by atoms with van der Waals surface area (Å²) in [5.41, 5.74) is -1.06. The van der Waals surface area contributed by atoms with Crippen molar-refractivity contribution in [3.05, 3.63) is 70.9 Å². The highest BCUT2D eigenvalue weighted by atomic mass is 16.5. The highest BCUT2D eigenvalue weighted by molar-refractivity contribution is 6.29. The molecule has 2 N–H and O–H groups in total. The number of fused-ring (bicyclic) bond motifs is 2. The zero-order chi connectivity index (χ0) is 43.7. The van der Waals surface area contributed by atoms with Crippen molar-refractivity contribution in [1.82, 2.24) is 10.2 Å². The predicted molar refractivity (Wildman–Crippen MR) is 232 cm³/mol. The number of hydrogen-bond acceptors (Lipinski definition) is 7. The highest BCUT2D eigenvalue weighted by Crippen LogP contribution is 2.40. The van der Waals surface area contributed by atoms with Crippen LogP contribution in [0.15, 0.2) is 48.7 Å². The van der Waals surface area contributed by atoms with Crippen molar-refractivity contribution in [2.75, 3.05) is 0 Å². The number of benzene rings is 2. The van der Waals surface area contributed by atoms with Gasteiger partial charge in [-0.25, -0.2) is 0 Å². The summed E-state index contributed by atoms with van der Waals surface area (Å²) in [6, 6.07) is 9.21. The van der Waals surface area contributed by atoms with Crippen molar-refractivity contribution in [1.29, 1.82) is 0 Å². The van der Waals surface area contributed by atoms with E-state index in [0.29, 0.717) is 37.5 Å². The summed E-state index contributed by atoms with van der Waals surface area (Å²) in [5.74, 6) is -1.94. The molecule has 58 heavy (non-hydrogen) atoms. The Hall–Kier alpha value is -4.27. The van der Waals surface area contributed by atoms with Crippen molar-refractivity contribution in [3.8, 4) is 11.5 Å². The van der Waals surface area contributed by atoms with E-state index in [9.17, 15) is 29.1 Å². The molecule has 1 aliphatic carbocycles. The normalized spacial score (nSPS) is 13.7. The molecule has 1 aliphatic rings. The van der Waals surface area contributed by atoms with Crippen molar-refractivity contribution < 1.29 is 33.8 Å². The maximum atomic E-state index is 13.4. The Morgan fingerprint density at radius 1 is 0.690 bits per heavy atom. The van der Waals surface area contributed by atoms with E-state index in [0.717, 1.165) is 44.9 Å². The van der Waals surface area contributed by atoms with Crippen LogP contribution in [0.25, 0.3) is 0 Å². The Morgan fingerprint density at radius 3 is 1.88 bits per heavy atom. The van der Waals surface area contributed by atoms with Crippen LogP contribution in [-0.4, -0.2) is 50.4 Å². The van der Waals surface area contributed by atoms with Crippen molar-refractivity contribution in [2.45, 2.75) is 178 Å². The van der Waals surface area contributed by atoms with Gasteiger partial charge in [0.25, 0.3) is 0 Å². The third kappa shape index (κ3) is 13.1. The Bertz CT molecular complexity index is 1820. The first-order valence-electron chi connectivity index (χ1n) is 21.4. The Morgan fingerprint density at radius 2 is 1.28 bits per heavy atom. The van der Waals surface area contributed by atoms with Crippen LogP contribution in [0, 0.1) is 16.2 Å². The quantitative estimate of drug-likeness (QED) is 0.0661. The number of amides is 2. The second kappa shape index (κ2) is 19.7. The van der Waals surface area contributed by atoms with E-state index in [1.807, 2.05) is 33.0 Å². The molecule has 9 heteroatoms. The predicted octanol–water partition coefficient (Wildman–Crippen LogP) is 11.3. The number of carbonyl (C=O) groups is 5. The van der Waals surface area contributed by atoms with Gasteiger partial charge in [0, 0.05) is 46.8 Å². The third-order valence-corrected chi connectivity index (χ3v) is 11.9. The molecule has 0 fully saturated rings. The number of esters is 1. The first kappa shape index (κ1) is 48.1. The maximum Gasteiger partial charge on any atom is 0.317 e. The second-order valence-electron chi connectivity index (χ2n) is 20.3. The number of unbranched alkanes of at least 4 members (excludes halogenated alkanes) is 5. The van der Waals surface area contributed by atoms with Crippen LogP contribution < -0.4 is 10.1 Å². The molecule has 0 bridgehead atoms. The van der Waals surface area contributed by atoms with Crippen molar-refractivity contribution in [2.24, 2.45) is 16.2 Å². The molecule has 2 aromatic rings. The molecule has 0 saturated heterocycles. The minimum absolute atomic E-state index is 0.0653. The molecule has 9 nitrogen and oxygen atoms in total. The molecule has 0 atom stereocenters. The van der Waals surface area contributed by atoms with E-state index in [2.05, 4.69) is 53.8 Å². The number of phenols is 1. The van der Waals surface area contributed by atoms with Crippen LogP contribution in [0.1, 0.15) is 198 Å². The summed E-state index contributed by atoms with van der Waals surface area (Å²) in [4.78, 5) is 67.5. The van der Waals surface area contributed by atoms with E-state index in [1.54, 1.807) is 36.9 Å². The van der Waals surface area contributed by atoms with Crippen LogP contribution in [-0.2, 0) is 14.4 Å². The summed E-state index contributed by atoms with van der Waals surface area (Å²) in [5, 5.41) is 14.3. The van der Waals surface area contributed by atoms with E-state index >= 15 is 0 Å². The molecule has 320 valence electrons. The molecule has 0 spiro atoms. The highest BCUT2D eigenvalue weighted by Gasteiger charge is 2.38. The average molecular weight is 801 g/mol. The number of nitrogens with one attached hydrogen (secondary N) is 1. The van der Waals surface area contributed by atoms with Crippen molar-refractivity contribution >= 4 is 29.4 Å². The molecule has 0 aromatic heterocycles. The minimum atomic E-state index is -0.913. The Kier molecular flexibility index (Phi) is 16.3. The van der Waals surface area contributed by atoms with Crippen LogP contribution >= 0.6 is 0 Å². The van der Waals surface area contributed by atoms with Crippen molar-refractivity contribution in [3.63, 3.8) is 0 Å². The molecule has 0 radical (unpaired) electrons. The van der Waals surface area contributed by atoms with Gasteiger partial charge in [-0.3, -0.25) is 24.0 Å². The number of phenolic OH excluding ortho intramolecular Hbond substituents is 1. The van der Waals surface area contributed by atoms with E-state index in [-0.39, 0.29) is 56.6 Å². The van der Waals surface area contributed by atoms with Crippen LogP contribution in [0.4, 0.5) is 0 Å². The number of aromatic hydroxyl groups is 1. The second-order valence-corrected chi connectivity index (χ2v) is 20.3. The Labute approximate surface area is 348 Å². The van der Waals surface area contributed by atoms with E-state index in [1.165, 1.54) is 24.6 Å². The third-order valence-electron chi connectivity index (χ3n) is 11.9. The molecule has 0 saturated carbocycles. The number of carbonyl (C=O) groups excluding carboxylic acids is 5. The molecular formula is C49H72N2O7. The SMILES string of the molecule is CC(C)(C)CCCCCC(=O)NC(C)(C)C(C)(C)CCCCCC(=O)N(C=CCCCC(C)(C)C(=O)Oc1ccc2c(c1O)C(=O)c1ccccc1C2=O)C(C)(C)C. The van der Waals surface area contributed by atoms with Gasteiger partial charge in [0.15, 0.2) is 23.1 Å². The van der Waals surface area contributed by atoms with Gasteiger partial charge in [-0.15, -0.1) is 0 Å². The van der Waals surface area contributed by atoms with Gasteiger partial charge < -0.3 is 20.1 Å². The first-order valence-corrected chi connectivity index (χ1v) is 21.4. The maximum absolute atomic E-state index is 13.4. The molecule has 0 aliphatic heterocycles. The molecular weight excluding hydrogens is 729 g/mol. The average Bonchev–Trinajstić information content (AvgIpc) is 3.11.